The Labute approximate surface area is 187 Å². The summed E-state index contributed by atoms with van der Waals surface area (Å²) in [7, 11) is -3.58. The molecular formula is C21H29N5O3S2. The lowest BCUT2D eigenvalue weighted by Crippen LogP contribution is -2.50. The SMILES string of the molecule is CCCCNS(=O)(=O)c1ccc2nc(S[C@@H](C)C(=O)NC3(C#N)CCCCC3)[nH]c2c1. The van der Waals surface area contributed by atoms with E-state index >= 15 is 0 Å². The molecule has 1 saturated carbocycles. The van der Waals surface area contributed by atoms with Crippen LogP contribution in [0.5, 0.6) is 0 Å². The standard InChI is InChI=1S/C21H29N5O3S2/c1-3-4-12-23-31(28,29)16-8-9-17-18(13-16)25-20(24-17)30-15(2)19(27)26-21(14-22)10-6-5-7-11-21/h8-9,13,15,23H,3-7,10-12H2,1-2H3,(H,24,25)(H,26,27)/t15-/m0/s1. The van der Waals surface area contributed by atoms with Crippen molar-refractivity contribution in [2.45, 2.75) is 79.6 Å². The predicted molar refractivity (Wildman–Crippen MR) is 121 cm³/mol. The highest BCUT2D eigenvalue weighted by Crippen LogP contribution is 2.29. The third-order valence-corrected chi connectivity index (χ3v) is 7.95. The Morgan fingerprint density at radius 1 is 1.35 bits per heavy atom. The zero-order valence-electron chi connectivity index (χ0n) is 17.9. The lowest BCUT2D eigenvalue weighted by atomic mass is 9.83. The van der Waals surface area contributed by atoms with Crippen LogP contribution < -0.4 is 10.0 Å². The maximum Gasteiger partial charge on any atom is 0.240 e. The minimum Gasteiger partial charge on any atom is -0.337 e. The lowest BCUT2D eigenvalue weighted by Gasteiger charge is -2.32. The summed E-state index contributed by atoms with van der Waals surface area (Å²) in [6, 6.07) is 7.04. The molecule has 1 aromatic carbocycles. The first-order valence-electron chi connectivity index (χ1n) is 10.7. The quantitative estimate of drug-likeness (QED) is 0.386. The Morgan fingerprint density at radius 2 is 2.10 bits per heavy atom. The molecule has 10 heteroatoms. The fourth-order valence-electron chi connectivity index (χ4n) is 3.63. The molecule has 0 aliphatic heterocycles. The van der Waals surface area contributed by atoms with Gasteiger partial charge in [-0.3, -0.25) is 4.79 Å². The van der Waals surface area contributed by atoms with Gasteiger partial charge in [-0.15, -0.1) is 0 Å². The van der Waals surface area contributed by atoms with Crippen molar-refractivity contribution in [1.29, 1.82) is 5.26 Å². The molecule has 0 saturated heterocycles. The predicted octanol–water partition coefficient (Wildman–Crippen LogP) is 3.46. The third kappa shape index (κ3) is 5.79. The van der Waals surface area contributed by atoms with E-state index < -0.39 is 20.8 Å². The number of carbonyl (C=O) groups is 1. The van der Waals surface area contributed by atoms with Gasteiger partial charge in [-0.1, -0.05) is 44.4 Å². The molecule has 1 amide bonds. The monoisotopic (exact) mass is 463 g/mol. The van der Waals surface area contributed by atoms with E-state index in [4.69, 9.17) is 0 Å². The molecule has 1 aliphatic carbocycles. The first-order valence-corrected chi connectivity index (χ1v) is 13.0. The first-order chi connectivity index (χ1) is 14.8. The second-order valence-corrected chi connectivity index (χ2v) is 11.1. The zero-order chi connectivity index (χ0) is 22.5. The van der Waals surface area contributed by atoms with E-state index in [1.54, 1.807) is 19.1 Å². The van der Waals surface area contributed by atoms with Gasteiger partial charge in [0.15, 0.2) is 5.16 Å². The highest BCUT2D eigenvalue weighted by atomic mass is 32.2. The molecule has 0 radical (unpaired) electrons. The maximum absolute atomic E-state index is 12.7. The molecule has 0 unspecified atom stereocenters. The number of unbranched alkanes of at least 4 members (excludes halogenated alkanes) is 1. The number of aromatic amines is 1. The largest absolute Gasteiger partial charge is 0.337 e. The Morgan fingerprint density at radius 3 is 2.77 bits per heavy atom. The number of hydrogen-bond acceptors (Lipinski definition) is 6. The number of sulfonamides is 1. The summed E-state index contributed by atoms with van der Waals surface area (Å²) in [5, 5.41) is 12.6. The van der Waals surface area contributed by atoms with E-state index in [1.165, 1.54) is 17.8 Å². The fraction of sp³-hybridized carbons (Fsp3) is 0.571. The molecule has 8 nitrogen and oxygen atoms in total. The lowest BCUT2D eigenvalue weighted by molar-refractivity contribution is -0.121. The van der Waals surface area contributed by atoms with Gasteiger partial charge < -0.3 is 10.3 Å². The fourth-order valence-corrected chi connectivity index (χ4v) is 5.55. The molecular weight excluding hydrogens is 434 g/mol. The highest BCUT2D eigenvalue weighted by Gasteiger charge is 2.35. The van der Waals surface area contributed by atoms with Crippen LogP contribution >= 0.6 is 11.8 Å². The zero-order valence-corrected chi connectivity index (χ0v) is 19.5. The number of benzene rings is 1. The molecule has 2 aromatic rings. The smallest absolute Gasteiger partial charge is 0.240 e. The summed E-state index contributed by atoms with van der Waals surface area (Å²) in [4.78, 5) is 20.4. The normalized spacial score (nSPS) is 17.2. The van der Waals surface area contributed by atoms with Crippen molar-refractivity contribution < 1.29 is 13.2 Å². The number of nitriles is 1. The number of amides is 1. The van der Waals surface area contributed by atoms with E-state index in [9.17, 15) is 18.5 Å². The minimum absolute atomic E-state index is 0.176. The number of carbonyl (C=O) groups excluding carboxylic acids is 1. The van der Waals surface area contributed by atoms with Gasteiger partial charge in [0.2, 0.25) is 15.9 Å². The van der Waals surface area contributed by atoms with Gasteiger partial charge in [0.05, 0.1) is 27.2 Å². The maximum atomic E-state index is 12.7. The van der Waals surface area contributed by atoms with Crippen molar-refractivity contribution in [3.8, 4) is 6.07 Å². The van der Waals surface area contributed by atoms with Gasteiger partial charge in [0, 0.05) is 6.54 Å². The number of aromatic nitrogens is 2. The number of rotatable bonds is 9. The van der Waals surface area contributed by atoms with E-state index in [0.29, 0.717) is 35.6 Å². The van der Waals surface area contributed by atoms with Crippen LogP contribution in [-0.4, -0.2) is 41.6 Å². The van der Waals surface area contributed by atoms with Crippen LogP contribution in [0, 0.1) is 11.3 Å². The van der Waals surface area contributed by atoms with Gasteiger partial charge in [-0.2, -0.15) is 5.26 Å². The molecule has 1 atom stereocenters. The van der Waals surface area contributed by atoms with Gasteiger partial charge in [0.25, 0.3) is 0 Å². The van der Waals surface area contributed by atoms with Crippen LogP contribution in [-0.2, 0) is 14.8 Å². The van der Waals surface area contributed by atoms with E-state index in [-0.39, 0.29) is 10.8 Å². The van der Waals surface area contributed by atoms with Gasteiger partial charge >= 0.3 is 0 Å². The third-order valence-electron chi connectivity index (χ3n) is 5.51. The van der Waals surface area contributed by atoms with Gasteiger partial charge in [-0.05, 0) is 44.4 Å². The number of nitrogens with zero attached hydrogens (tertiary/aromatic N) is 2. The van der Waals surface area contributed by atoms with Crippen LogP contribution in [0.25, 0.3) is 11.0 Å². The van der Waals surface area contributed by atoms with Crippen LogP contribution in [0.3, 0.4) is 0 Å². The number of fused-ring (bicyclic) bond motifs is 1. The Kier molecular flexibility index (Phi) is 7.62. The second-order valence-electron chi connectivity index (χ2n) is 7.98. The molecule has 1 aromatic heterocycles. The van der Waals surface area contributed by atoms with E-state index in [1.807, 2.05) is 6.92 Å². The van der Waals surface area contributed by atoms with Crippen LogP contribution in [0.2, 0.25) is 0 Å². The Hall–Kier alpha value is -2.09. The number of nitrogens with one attached hydrogen (secondary N) is 3. The molecule has 1 heterocycles. The van der Waals surface area contributed by atoms with Crippen molar-refractivity contribution >= 4 is 38.7 Å². The van der Waals surface area contributed by atoms with Gasteiger partial charge in [0.1, 0.15) is 5.54 Å². The molecule has 3 N–H and O–H groups in total. The summed E-state index contributed by atoms with van der Waals surface area (Å²) in [5.74, 6) is -0.197. The topological polar surface area (TPSA) is 128 Å². The minimum atomic E-state index is -3.58. The van der Waals surface area contributed by atoms with Gasteiger partial charge in [-0.25, -0.2) is 18.1 Å². The summed E-state index contributed by atoms with van der Waals surface area (Å²) in [6.45, 7) is 4.17. The molecule has 0 bridgehead atoms. The van der Waals surface area contributed by atoms with E-state index in [0.717, 1.165) is 32.1 Å². The number of H-pyrrole nitrogens is 1. The number of hydrogen-bond donors (Lipinski definition) is 3. The molecule has 168 valence electrons. The Balaban J connectivity index is 1.69. The van der Waals surface area contributed by atoms with Crippen LogP contribution in [0.15, 0.2) is 28.3 Å². The van der Waals surface area contributed by atoms with Crippen molar-refractivity contribution in [2.24, 2.45) is 0 Å². The van der Waals surface area contributed by atoms with Crippen molar-refractivity contribution in [1.82, 2.24) is 20.0 Å². The highest BCUT2D eigenvalue weighted by molar-refractivity contribution is 8.00. The van der Waals surface area contributed by atoms with Crippen molar-refractivity contribution in [3.63, 3.8) is 0 Å². The van der Waals surface area contributed by atoms with E-state index in [2.05, 4.69) is 26.1 Å². The van der Waals surface area contributed by atoms with Crippen molar-refractivity contribution in [3.05, 3.63) is 18.2 Å². The molecule has 3 rings (SSSR count). The second kappa shape index (κ2) is 10.0. The summed E-state index contributed by atoms with van der Waals surface area (Å²) in [6.07, 6.45) is 6.02. The Bertz CT molecular complexity index is 1070. The summed E-state index contributed by atoms with van der Waals surface area (Å²) in [5.41, 5.74) is 0.448. The van der Waals surface area contributed by atoms with Crippen molar-refractivity contribution in [2.75, 3.05) is 6.54 Å². The van der Waals surface area contributed by atoms with Crippen LogP contribution in [0.1, 0.15) is 58.8 Å². The summed E-state index contributed by atoms with van der Waals surface area (Å²) >= 11 is 1.25. The number of thioether (sulfide) groups is 1. The average molecular weight is 464 g/mol. The average Bonchev–Trinajstić information content (AvgIpc) is 3.16. The number of imidazole rings is 1. The molecule has 1 aliphatic rings. The molecule has 31 heavy (non-hydrogen) atoms. The first kappa shape index (κ1) is 23.6. The van der Waals surface area contributed by atoms with Crippen LogP contribution in [0.4, 0.5) is 0 Å². The molecule has 0 spiro atoms. The summed E-state index contributed by atoms with van der Waals surface area (Å²) < 4.78 is 27.5. The molecule has 1 fully saturated rings.